The van der Waals surface area contributed by atoms with Crippen molar-refractivity contribution in [1.29, 1.82) is 0 Å². The Bertz CT molecular complexity index is 552. The molecule has 0 spiro atoms. The first-order valence-corrected chi connectivity index (χ1v) is 6.65. The van der Waals surface area contributed by atoms with Gasteiger partial charge in [0, 0.05) is 17.7 Å². The Morgan fingerprint density at radius 3 is 2.40 bits per heavy atom. The van der Waals surface area contributed by atoms with Gasteiger partial charge in [-0.2, -0.15) is 0 Å². The van der Waals surface area contributed by atoms with Crippen LogP contribution in [0.2, 0.25) is 5.02 Å². The van der Waals surface area contributed by atoms with E-state index in [4.69, 9.17) is 21.2 Å². The monoisotopic (exact) mass is 289 g/mol. The molecule has 20 heavy (non-hydrogen) atoms. The van der Waals surface area contributed by atoms with Crippen LogP contribution in [-0.2, 0) is 16.2 Å². The van der Waals surface area contributed by atoms with Crippen LogP contribution in [0, 0.1) is 0 Å². The molecule has 0 saturated heterocycles. The third-order valence-corrected chi connectivity index (χ3v) is 2.96. The third kappa shape index (κ3) is 4.37. The van der Waals surface area contributed by atoms with Crippen LogP contribution in [0.25, 0.3) is 0 Å². The van der Waals surface area contributed by atoms with Crippen LogP contribution in [0.1, 0.15) is 11.1 Å². The molecule has 0 atom stereocenters. The maximum absolute atomic E-state index is 5.88. The fourth-order valence-electron chi connectivity index (χ4n) is 1.70. The Hall–Kier alpha value is -1.84. The molecule has 0 fully saturated rings. The number of benzene rings is 2. The fraction of sp³-hybridized carbons (Fsp3) is 0.188. The highest BCUT2D eigenvalue weighted by atomic mass is 35.5. The number of methoxy groups -OCH3 is 1. The predicted octanol–water partition coefficient (Wildman–Crippen LogP) is 3.91. The highest BCUT2D eigenvalue weighted by Gasteiger charge is 2.04. The summed E-state index contributed by atoms with van der Waals surface area (Å²) < 4.78 is 5.15. The molecule has 0 bridgehead atoms. The quantitative estimate of drug-likeness (QED) is 0.596. The summed E-state index contributed by atoms with van der Waals surface area (Å²) in [6.45, 7) is 0.818. The van der Waals surface area contributed by atoms with E-state index in [1.165, 1.54) is 0 Å². The average Bonchev–Trinajstić information content (AvgIpc) is 2.48. The Morgan fingerprint density at radius 2 is 1.75 bits per heavy atom. The summed E-state index contributed by atoms with van der Waals surface area (Å²) in [7, 11) is 1.63. The van der Waals surface area contributed by atoms with Gasteiger partial charge in [0.05, 0.1) is 6.61 Å². The van der Waals surface area contributed by atoms with Crippen LogP contribution in [0.4, 0.5) is 0 Å². The molecular formula is C16H16ClNO2. The highest BCUT2D eigenvalue weighted by Crippen LogP contribution is 2.11. The highest BCUT2D eigenvalue weighted by molar-refractivity contribution is 6.30. The summed E-state index contributed by atoms with van der Waals surface area (Å²) >= 11 is 5.88. The molecule has 3 nitrogen and oxygen atoms in total. The Kier molecular flexibility index (Phi) is 5.59. The van der Waals surface area contributed by atoms with E-state index in [1.807, 2.05) is 54.6 Å². The Labute approximate surface area is 123 Å². The molecule has 0 saturated carbocycles. The van der Waals surface area contributed by atoms with Crippen molar-refractivity contribution in [2.45, 2.75) is 6.61 Å². The molecule has 2 aromatic rings. The standard InChI is InChI=1S/C16H16ClNO2/c1-19-12-16(14-7-9-15(17)10-8-14)18-20-11-13-5-3-2-4-6-13/h2-10H,11-12H2,1H3/b18-16+. The normalized spacial score (nSPS) is 11.4. The first-order valence-electron chi connectivity index (χ1n) is 6.27. The topological polar surface area (TPSA) is 30.8 Å². The summed E-state index contributed by atoms with van der Waals surface area (Å²) in [5.41, 5.74) is 2.74. The van der Waals surface area contributed by atoms with Gasteiger partial charge in [-0.3, -0.25) is 0 Å². The van der Waals surface area contributed by atoms with E-state index in [0.717, 1.165) is 16.8 Å². The lowest BCUT2D eigenvalue weighted by molar-refractivity contribution is 0.127. The lowest BCUT2D eigenvalue weighted by Crippen LogP contribution is -2.09. The van der Waals surface area contributed by atoms with Crippen molar-refractivity contribution in [3.63, 3.8) is 0 Å². The van der Waals surface area contributed by atoms with Crippen molar-refractivity contribution in [2.75, 3.05) is 13.7 Å². The lowest BCUT2D eigenvalue weighted by Gasteiger charge is -2.06. The van der Waals surface area contributed by atoms with E-state index in [-0.39, 0.29) is 0 Å². The number of oxime groups is 1. The minimum Gasteiger partial charge on any atom is -0.391 e. The molecule has 0 aromatic heterocycles. The molecule has 0 aliphatic carbocycles. The fourth-order valence-corrected chi connectivity index (χ4v) is 1.83. The number of halogens is 1. The van der Waals surface area contributed by atoms with Gasteiger partial charge in [0.1, 0.15) is 12.3 Å². The molecule has 0 aliphatic rings. The molecule has 0 radical (unpaired) electrons. The molecule has 4 heteroatoms. The van der Waals surface area contributed by atoms with Gasteiger partial charge in [-0.05, 0) is 17.7 Å². The average molecular weight is 290 g/mol. The van der Waals surface area contributed by atoms with E-state index in [0.29, 0.717) is 18.2 Å². The molecule has 0 N–H and O–H groups in total. The van der Waals surface area contributed by atoms with Gasteiger partial charge in [0.2, 0.25) is 0 Å². The van der Waals surface area contributed by atoms with Gasteiger partial charge in [-0.15, -0.1) is 0 Å². The molecule has 2 rings (SSSR count). The Morgan fingerprint density at radius 1 is 1.05 bits per heavy atom. The summed E-state index contributed by atoms with van der Waals surface area (Å²) in [5, 5.41) is 4.85. The van der Waals surface area contributed by atoms with Crippen molar-refractivity contribution in [1.82, 2.24) is 0 Å². The van der Waals surface area contributed by atoms with Crippen LogP contribution < -0.4 is 0 Å². The zero-order valence-corrected chi connectivity index (χ0v) is 12.0. The largest absolute Gasteiger partial charge is 0.391 e. The van der Waals surface area contributed by atoms with Crippen molar-refractivity contribution in [3.05, 3.63) is 70.7 Å². The van der Waals surface area contributed by atoms with E-state index in [1.54, 1.807) is 7.11 Å². The molecule has 104 valence electrons. The van der Waals surface area contributed by atoms with Crippen LogP contribution in [0.15, 0.2) is 59.8 Å². The van der Waals surface area contributed by atoms with Gasteiger partial charge in [0.15, 0.2) is 0 Å². The van der Waals surface area contributed by atoms with Crippen LogP contribution in [-0.4, -0.2) is 19.4 Å². The summed E-state index contributed by atoms with van der Waals surface area (Å²) in [5.74, 6) is 0. The van der Waals surface area contributed by atoms with Crippen LogP contribution in [0.5, 0.6) is 0 Å². The van der Waals surface area contributed by atoms with Crippen LogP contribution >= 0.6 is 11.6 Å². The maximum Gasteiger partial charge on any atom is 0.142 e. The molecule has 0 heterocycles. The third-order valence-electron chi connectivity index (χ3n) is 2.71. The second-order valence-corrected chi connectivity index (χ2v) is 4.67. The number of hydrogen-bond acceptors (Lipinski definition) is 3. The van der Waals surface area contributed by atoms with Crippen LogP contribution in [0.3, 0.4) is 0 Å². The zero-order chi connectivity index (χ0) is 14.2. The number of hydrogen-bond donors (Lipinski definition) is 0. The smallest absolute Gasteiger partial charge is 0.142 e. The minimum absolute atomic E-state index is 0.385. The van der Waals surface area contributed by atoms with E-state index in [2.05, 4.69) is 5.16 Å². The Balaban J connectivity index is 2.04. The SMILES string of the molecule is COC/C(=N\OCc1ccccc1)c1ccc(Cl)cc1. The molecule has 0 aliphatic heterocycles. The van der Waals surface area contributed by atoms with E-state index >= 15 is 0 Å². The van der Waals surface area contributed by atoms with E-state index < -0.39 is 0 Å². The first-order chi connectivity index (χ1) is 9.79. The predicted molar refractivity (Wildman–Crippen MR) is 81.1 cm³/mol. The number of nitrogens with zero attached hydrogens (tertiary/aromatic N) is 1. The van der Waals surface area contributed by atoms with Crippen molar-refractivity contribution in [3.8, 4) is 0 Å². The van der Waals surface area contributed by atoms with Gasteiger partial charge in [-0.25, -0.2) is 0 Å². The molecule has 2 aromatic carbocycles. The first kappa shape index (κ1) is 14.6. The minimum atomic E-state index is 0.385. The summed E-state index contributed by atoms with van der Waals surface area (Å²) in [4.78, 5) is 5.39. The second kappa shape index (κ2) is 7.68. The van der Waals surface area contributed by atoms with Crippen molar-refractivity contribution in [2.24, 2.45) is 5.16 Å². The molecule has 0 unspecified atom stereocenters. The number of ether oxygens (including phenoxy) is 1. The van der Waals surface area contributed by atoms with Crippen molar-refractivity contribution < 1.29 is 9.57 Å². The van der Waals surface area contributed by atoms with Gasteiger partial charge in [-0.1, -0.05) is 59.2 Å². The summed E-state index contributed by atoms with van der Waals surface area (Å²) in [6.07, 6.45) is 0. The molecular weight excluding hydrogens is 274 g/mol. The maximum atomic E-state index is 5.88. The van der Waals surface area contributed by atoms with Gasteiger partial charge < -0.3 is 9.57 Å². The van der Waals surface area contributed by atoms with Gasteiger partial charge in [0.25, 0.3) is 0 Å². The number of rotatable bonds is 6. The van der Waals surface area contributed by atoms with E-state index in [9.17, 15) is 0 Å². The van der Waals surface area contributed by atoms with Gasteiger partial charge >= 0.3 is 0 Å². The molecule has 0 amide bonds. The summed E-state index contributed by atoms with van der Waals surface area (Å²) in [6, 6.07) is 17.3. The van der Waals surface area contributed by atoms with Crippen molar-refractivity contribution >= 4 is 17.3 Å². The second-order valence-electron chi connectivity index (χ2n) is 4.24. The zero-order valence-electron chi connectivity index (χ0n) is 11.3. The lowest BCUT2D eigenvalue weighted by atomic mass is 10.1.